The molecule has 0 atom stereocenters. The van der Waals surface area contributed by atoms with Crippen molar-refractivity contribution in [2.24, 2.45) is 5.41 Å². The van der Waals surface area contributed by atoms with Gasteiger partial charge in [-0.1, -0.05) is 26.0 Å². The molecule has 0 fully saturated rings. The third-order valence-electron chi connectivity index (χ3n) is 3.32. The molecule has 0 saturated carbocycles. The summed E-state index contributed by atoms with van der Waals surface area (Å²) in [5, 5.41) is 21.4. The highest BCUT2D eigenvalue weighted by molar-refractivity contribution is 6.01. The van der Waals surface area contributed by atoms with Gasteiger partial charge in [0.25, 0.3) is 0 Å². The Morgan fingerprint density at radius 2 is 1.85 bits per heavy atom. The number of hydrogen-bond acceptors (Lipinski definition) is 4. The lowest BCUT2D eigenvalue weighted by atomic mass is 9.76. The maximum Gasteiger partial charge on any atom is 0.175 e. The summed E-state index contributed by atoms with van der Waals surface area (Å²) in [4.78, 5) is 12.0. The second-order valence-electron chi connectivity index (χ2n) is 5.69. The molecule has 0 heterocycles. The van der Waals surface area contributed by atoms with Crippen LogP contribution < -0.4 is 5.32 Å². The summed E-state index contributed by atoms with van der Waals surface area (Å²) in [6, 6.07) is 11.1. The molecule has 1 aliphatic rings. The van der Waals surface area contributed by atoms with Gasteiger partial charge < -0.3 is 5.32 Å². The lowest BCUT2D eigenvalue weighted by Gasteiger charge is -2.30. The minimum Gasteiger partial charge on any atom is -0.357 e. The van der Waals surface area contributed by atoms with Crippen LogP contribution in [-0.4, -0.2) is 5.78 Å². The molecule has 0 radical (unpaired) electrons. The molecule has 100 valence electrons. The van der Waals surface area contributed by atoms with Gasteiger partial charge in [0.2, 0.25) is 0 Å². The Morgan fingerprint density at radius 3 is 2.50 bits per heavy atom. The highest BCUT2D eigenvalue weighted by Gasteiger charge is 2.33. The molecule has 0 saturated heterocycles. The van der Waals surface area contributed by atoms with E-state index >= 15 is 0 Å². The molecular formula is C16H15N3O. The third-order valence-corrected chi connectivity index (χ3v) is 3.32. The first-order valence-electron chi connectivity index (χ1n) is 6.39. The van der Waals surface area contributed by atoms with Gasteiger partial charge in [-0.2, -0.15) is 10.5 Å². The number of hydrogen-bond donors (Lipinski definition) is 1. The molecule has 1 aliphatic carbocycles. The Bertz CT molecular complexity index is 672. The minimum atomic E-state index is -0.179. The molecule has 0 unspecified atom stereocenters. The average Bonchev–Trinajstić information content (AvgIpc) is 2.38. The van der Waals surface area contributed by atoms with Crippen molar-refractivity contribution in [3.05, 3.63) is 41.1 Å². The highest BCUT2D eigenvalue weighted by Crippen LogP contribution is 2.37. The summed E-state index contributed by atoms with van der Waals surface area (Å²) in [5.41, 5.74) is 1.73. The highest BCUT2D eigenvalue weighted by atomic mass is 16.1. The summed E-state index contributed by atoms with van der Waals surface area (Å²) < 4.78 is 0. The molecule has 1 aromatic rings. The van der Waals surface area contributed by atoms with Gasteiger partial charge >= 0.3 is 0 Å². The second-order valence-corrected chi connectivity index (χ2v) is 5.69. The van der Waals surface area contributed by atoms with E-state index in [1.54, 1.807) is 18.2 Å². The first-order valence-corrected chi connectivity index (χ1v) is 6.39. The Balaban J connectivity index is 2.43. The molecule has 4 nitrogen and oxygen atoms in total. The van der Waals surface area contributed by atoms with E-state index in [0.717, 1.165) is 0 Å². The average molecular weight is 265 g/mol. The van der Waals surface area contributed by atoms with E-state index in [0.29, 0.717) is 29.8 Å². The molecule has 0 bridgehead atoms. The molecule has 0 amide bonds. The number of benzene rings is 1. The van der Waals surface area contributed by atoms with Gasteiger partial charge in [-0.05, 0) is 24.0 Å². The molecule has 2 rings (SSSR count). The van der Waals surface area contributed by atoms with Crippen LogP contribution in [-0.2, 0) is 4.79 Å². The Labute approximate surface area is 118 Å². The van der Waals surface area contributed by atoms with E-state index in [2.05, 4.69) is 11.4 Å². The van der Waals surface area contributed by atoms with Crippen LogP contribution in [0.3, 0.4) is 0 Å². The standard InChI is InChI=1S/C16H15N3O/c1-16(2)7-14(12(10-18)15(20)8-16)19-13-6-4-3-5-11(13)9-17/h3-6,19H,7-8H2,1-2H3. The van der Waals surface area contributed by atoms with Crippen molar-refractivity contribution in [1.82, 2.24) is 0 Å². The fourth-order valence-corrected chi connectivity index (χ4v) is 2.41. The zero-order valence-corrected chi connectivity index (χ0v) is 11.5. The predicted octanol–water partition coefficient (Wildman–Crippen LogP) is 3.14. The molecule has 0 aromatic heterocycles. The van der Waals surface area contributed by atoms with E-state index in [1.165, 1.54) is 0 Å². The number of nitrogens with zero attached hydrogens (tertiary/aromatic N) is 2. The van der Waals surface area contributed by atoms with E-state index in [1.807, 2.05) is 26.0 Å². The number of ketones is 1. The smallest absolute Gasteiger partial charge is 0.175 e. The van der Waals surface area contributed by atoms with Crippen LogP contribution in [0.4, 0.5) is 5.69 Å². The molecular weight excluding hydrogens is 250 g/mol. The predicted molar refractivity (Wildman–Crippen MR) is 75.4 cm³/mol. The first-order chi connectivity index (χ1) is 9.46. The van der Waals surface area contributed by atoms with Crippen LogP contribution in [0.25, 0.3) is 0 Å². The lowest BCUT2D eigenvalue weighted by Crippen LogP contribution is -2.28. The summed E-state index contributed by atoms with van der Waals surface area (Å²) in [7, 11) is 0. The summed E-state index contributed by atoms with van der Waals surface area (Å²) >= 11 is 0. The normalized spacial score (nSPS) is 17.3. The fourth-order valence-electron chi connectivity index (χ4n) is 2.41. The minimum absolute atomic E-state index is 0.138. The topological polar surface area (TPSA) is 76.7 Å². The number of nitrogens with one attached hydrogen (secondary N) is 1. The summed E-state index contributed by atoms with van der Waals surface area (Å²) in [5.74, 6) is -0.138. The van der Waals surface area contributed by atoms with Crippen LogP contribution in [0.15, 0.2) is 35.5 Å². The van der Waals surface area contributed by atoms with Gasteiger partial charge in [0.1, 0.15) is 17.7 Å². The number of carbonyl (C=O) groups excluding carboxylic acids is 1. The maximum atomic E-state index is 12.0. The van der Waals surface area contributed by atoms with Crippen LogP contribution in [0.2, 0.25) is 0 Å². The van der Waals surface area contributed by atoms with Gasteiger partial charge in [-0.3, -0.25) is 4.79 Å². The number of rotatable bonds is 2. The van der Waals surface area contributed by atoms with Crippen LogP contribution >= 0.6 is 0 Å². The zero-order valence-electron chi connectivity index (χ0n) is 11.5. The van der Waals surface area contributed by atoms with Crippen molar-refractivity contribution < 1.29 is 4.79 Å². The van der Waals surface area contributed by atoms with Gasteiger partial charge in [0, 0.05) is 12.1 Å². The van der Waals surface area contributed by atoms with Crippen molar-refractivity contribution in [2.75, 3.05) is 5.32 Å². The Hall–Kier alpha value is -2.59. The molecule has 1 aromatic carbocycles. The van der Waals surface area contributed by atoms with Gasteiger partial charge in [0.15, 0.2) is 5.78 Å². The molecule has 0 aliphatic heterocycles. The lowest BCUT2D eigenvalue weighted by molar-refractivity contribution is -0.117. The van der Waals surface area contributed by atoms with Gasteiger partial charge in [-0.15, -0.1) is 0 Å². The quantitative estimate of drug-likeness (QED) is 0.891. The third kappa shape index (κ3) is 2.70. The van der Waals surface area contributed by atoms with E-state index in [-0.39, 0.29) is 16.8 Å². The monoisotopic (exact) mass is 265 g/mol. The summed E-state index contributed by atoms with van der Waals surface area (Å²) in [6.45, 7) is 3.99. The molecule has 4 heteroatoms. The van der Waals surface area contributed by atoms with Crippen molar-refractivity contribution >= 4 is 11.5 Å². The number of anilines is 1. The van der Waals surface area contributed by atoms with Crippen LogP contribution in [0.5, 0.6) is 0 Å². The second kappa shape index (κ2) is 5.19. The van der Waals surface area contributed by atoms with Crippen LogP contribution in [0.1, 0.15) is 32.3 Å². The summed E-state index contributed by atoms with van der Waals surface area (Å²) in [6.07, 6.45) is 0.988. The van der Waals surface area contributed by atoms with Crippen molar-refractivity contribution in [2.45, 2.75) is 26.7 Å². The Morgan fingerprint density at radius 1 is 1.15 bits per heavy atom. The number of allylic oxidation sites excluding steroid dienone is 2. The van der Waals surface area contributed by atoms with Gasteiger partial charge in [-0.25, -0.2) is 0 Å². The fraction of sp³-hybridized carbons (Fsp3) is 0.312. The zero-order chi connectivity index (χ0) is 14.8. The van der Waals surface area contributed by atoms with E-state index in [4.69, 9.17) is 5.26 Å². The van der Waals surface area contributed by atoms with Crippen molar-refractivity contribution in [3.8, 4) is 12.1 Å². The van der Waals surface area contributed by atoms with Crippen LogP contribution in [0, 0.1) is 28.1 Å². The van der Waals surface area contributed by atoms with Crippen molar-refractivity contribution in [3.63, 3.8) is 0 Å². The SMILES string of the molecule is CC1(C)CC(=O)C(C#N)=C(Nc2ccccc2C#N)C1. The van der Waals surface area contributed by atoms with Gasteiger partial charge in [0.05, 0.1) is 11.3 Å². The number of para-hydroxylation sites is 1. The van der Waals surface area contributed by atoms with Crippen molar-refractivity contribution in [1.29, 1.82) is 10.5 Å². The first kappa shape index (κ1) is 13.8. The molecule has 1 N–H and O–H groups in total. The number of carbonyl (C=O) groups is 1. The Kier molecular flexibility index (Phi) is 3.59. The van der Waals surface area contributed by atoms with E-state index < -0.39 is 0 Å². The number of Topliss-reactive ketones (excluding diaryl/α,β-unsaturated/α-hetero) is 1. The number of nitriles is 2. The molecule has 20 heavy (non-hydrogen) atoms. The molecule has 0 spiro atoms. The maximum absolute atomic E-state index is 12.0. The van der Waals surface area contributed by atoms with E-state index in [9.17, 15) is 10.1 Å². The largest absolute Gasteiger partial charge is 0.357 e.